The number of nitrogens with one attached hydrogen (secondary N) is 1. The van der Waals surface area contributed by atoms with E-state index in [-0.39, 0.29) is 5.78 Å². The molecular weight excluding hydrogens is 212 g/mol. The highest BCUT2D eigenvalue weighted by Crippen LogP contribution is 2.18. The first-order chi connectivity index (χ1) is 8.19. The molecule has 0 aromatic heterocycles. The summed E-state index contributed by atoms with van der Waals surface area (Å²) in [5, 5.41) is 12.0. The minimum Gasteiger partial charge on any atom is -0.384 e. The van der Waals surface area contributed by atoms with Crippen LogP contribution in [-0.4, -0.2) is 12.3 Å². The Morgan fingerprint density at radius 3 is 2.88 bits per heavy atom. The van der Waals surface area contributed by atoms with E-state index in [9.17, 15) is 4.79 Å². The number of benzene rings is 1. The summed E-state index contributed by atoms with van der Waals surface area (Å²) < 4.78 is 0. The van der Waals surface area contributed by atoms with E-state index >= 15 is 0 Å². The summed E-state index contributed by atoms with van der Waals surface area (Å²) in [6.45, 7) is 4.25. The van der Waals surface area contributed by atoms with Gasteiger partial charge in [0.25, 0.3) is 0 Å². The summed E-state index contributed by atoms with van der Waals surface area (Å²) in [4.78, 5) is 11.4. The number of ketones is 1. The highest BCUT2D eigenvalue weighted by atomic mass is 16.1. The summed E-state index contributed by atoms with van der Waals surface area (Å²) in [5.74, 6) is 0.00280. The SMILES string of the molecule is C/C=C/CCNc1cc(C#N)ccc1C(C)=O. The molecule has 0 radical (unpaired) electrons. The number of nitrogens with zero attached hydrogens (tertiary/aromatic N) is 1. The van der Waals surface area contributed by atoms with Crippen molar-refractivity contribution in [2.24, 2.45) is 0 Å². The third-order valence-electron chi connectivity index (χ3n) is 2.39. The fraction of sp³-hybridized carbons (Fsp3) is 0.286. The summed E-state index contributed by atoms with van der Waals surface area (Å²) in [6, 6.07) is 7.14. The Morgan fingerprint density at radius 1 is 1.53 bits per heavy atom. The number of nitriles is 1. The van der Waals surface area contributed by atoms with Crippen LogP contribution < -0.4 is 5.32 Å². The van der Waals surface area contributed by atoms with Crippen molar-refractivity contribution >= 4 is 11.5 Å². The average molecular weight is 228 g/mol. The Balaban J connectivity index is 2.86. The van der Waals surface area contributed by atoms with E-state index < -0.39 is 0 Å². The highest BCUT2D eigenvalue weighted by molar-refractivity contribution is 5.99. The van der Waals surface area contributed by atoms with Gasteiger partial charge in [0, 0.05) is 17.8 Å². The van der Waals surface area contributed by atoms with Crippen LogP contribution in [-0.2, 0) is 0 Å². The molecule has 0 spiro atoms. The second-order valence-electron chi connectivity index (χ2n) is 3.71. The van der Waals surface area contributed by atoms with E-state index in [0.717, 1.165) is 18.7 Å². The molecular formula is C14H16N2O. The molecule has 0 unspecified atom stereocenters. The molecule has 0 atom stereocenters. The van der Waals surface area contributed by atoms with Crippen molar-refractivity contribution in [1.29, 1.82) is 5.26 Å². The topological polar surface area (TPSA) is 52.9 Å². The first-order valence-electron chi connectivity index (χ1n) is 5.59. The van der Waals surface area contributed by atoms with Gasteiger partial charge in [0.05, 0.1) is 11.6 Å². The van der Waals surface area contributed by atoms with Crippen LogP contribution in [0.5, 0.6) is 0 Å². The van der Waals surface area contributed by atoms with E-state index in [1.807, 2.05) is 13.0 Å². The van der Waals surface area contributed by atoms with Gasteiger partial charge in [0.1, 0.15) is 0 Å². The lowest BCUT2D eigenvalue weighted by atomic mass is 10.1. The average Bonchev–Trinajstić information content (AvgIpc) is 2.34. The number of carbonyl (C=O) groups is 1. The monoisotopic (exact) mass is 228 g/mol. The van der Waals surface area contributed by atoms with Crippen molar-refractivity contribution in [3.63, 3.8) is 0 Å². The van der Waals surface area contributed by atoms with Crippen LogP contribution in [0, 0.1) is 11.3 Å². The second kappa shape index (κ2) is 6.49. The number of carbonyl (C=O) groups excluding carboxylic acids is 1. The van der Waals surface area contributed by atoms with E-state index in [2.05, 4.69) is 17.5 Å². The zero-order valence-electron chi connectivity index (χ0n) is 10.2. The molecule has 17 heavy (non-hydrogen) atoms. The molecule has 3 heteroatoms. The number of hydrogen-bond acceptors (Lipinski definition) is 3. The molecule has 0 aliphatic rings. The van der Waals surface area contributed by atoms with Crippen LogP contribution in [0.4, 0.5) is 5.69 Å². The maximum absolute atomic E-state index is 11.4. The summed E-state index contributed by atoms with van der Waals surface area (Å²) >= 11 is 0. The van der Waals surface area contributed by atoms with Crippen LogP contribution >= 0.6 is 0 Å². The normalized spacial score (nSPS) is 10.2. The van der Waals surface area contributed by atoms with Crippen molar-refractivity contribution in [1.82, 2.24) is 0 Å². The third-order valence-corrected chi connectivity index (χ3v) is 2.39. The summed E-state index contributed by atoms with van der Waals surface area (Å²) in [7, 11) is 0. The molecule has 0 aliphatic carbocycles. The smallest absolute Gasteiger partial charge is 0.161 e. The van der Waals surface area contributed by atoms with Gasteiger partial charge in [-0.05, 0) is 38.5 Å². The van der Waals surface area contributed by atoms with Gasteiger partial charge in [-0.3, -0.25) is 4.79 Å². The highest BCUT2D eigenvalue weighted by Gasteiger charge is 2.07. The van der Waals surface area contributed by atoms with E-state index in [1.54, 1.807) is 18.2 Å². The van der Waals surface area contributed by atoms with E-state index in [1.165, 1.54) is 6.92 Å². The molecule has 0 bridgehead atoms. The molecule has 1 aromatic carbocycles. The third kappa shape index (κ3) is 3.76. The maximum Gasteiger partial charge on any atom is 0.161 e. The molecule has 0 fully saturated rings. The Kier molecular flexibility index (Phi) is 4.96. The number of hydrogen-bond donors (Lipinski definition) is 1. The Hall–Kier alpha value is -2.08. The van der Waals surface area contributed by atoms with Crippen LogP contribution in [0.1, 0.15) is 36.2 Å². The number of anilines is 1. The van der Waals surface area contributed by atoms with Gasteiger partial charge in [-0.1, -0.05) is 12.2 Å². The fourth-order valence-electron chi connectivity index (χ4n) is 1.52. The Bertz CT molecular complexity index is 470. The molecule has 0 saturated heterocycles. The zero-order chi connectivity index (χ0) is 12.7. The predicted octanol–water partition coefficient (Wildman–Crippen LogP) is 3.14. The lowest BCUT2D eigenvalue weighted by molar-refractivity contribution is 0.101. The molecule has 0 heterocycles. The first kappa shape index (κ1) is 13.0. The van der Waals surface area contributed by atoms with E-state index in [4.69, 9.17) is 5.26 Å². The van der Waals surface area contributed by atoms with Gasteiger partial charge in [0.2, 0.25) is 0 Å². The van der Waals surface area contributed by atoms with Crippen LogP contribution in [0.3, 0.4) is 0 Å². The lowest BCUT2D eigenvalue weighted by Gasteiger charge is -2.09. The number of Topliss-reactive ketones (excluding diaryl/α,β-unsaturated/α-hetero) is 1. The molecule has 3 nitrogen and oxygen atoms in total. The van der Waals surface area contributed by atoms with Crippen LogP contribution in [0.2, 0.25) is 0 Å². The molecule has 1 aromatic rings. The van der Waals surface area contributed by atoms with Crippen molar-refractivity contribution < 1.29 is 4.79 Å². The van der Waals surface area contributed by atoms with Crippen molar-refractivity contribution in [2.45, 2.75) is 20.3 Å². The van der Waals surface area contributed by atoms with Crippen LogP contribution in [0.15, 0.2) is 30.4 Å². The minimum atomic E-state index is 0.00280. The lowest BCUT2D eigenvalue weighted by Crippen LogP contribution is -2.06. The van der Waals surface area contributed by atoms with Gasteiger partial charge in [-0.25, -0.2) is 0 Å². The van der Waals surface area contributed by atoms with Crippen molar-refractivity contribution in [3.05, 3.63) is 41.5 Å². The van der Waals surface area contributed by atoms with Gasteiger partial charge >= 0.3 is 0 Å². The molecule has 0 saturated carbocycles. The van der Waals surface area contributed by atoms with Gasteiger partial charge in [-0.15, -0.1) is 0 Å². The number of rotatable bonds is 5. The van der Waals surface area contributed by atoms with E-state index in [0.29, 0.717) is 11.1 Å². The largest absolute Gasteiger partial charge is 0.384 e. The Morgan fingerprint density at radius 2 is 2.29 bits per heavy atom. The van der Waals surface area contributed by atoms with Gasteiger partial charge in [0.15, 0.2) is 5.78 Å². The first-order valence-corrected chi connectivity index (χ1v) is 5.59. The Labute approximate surface area is 102 Å². The quantitative estimate of drug-likeness (QED) is 0.478. The number of allylic oxidation sites excluding steroid dienone is 1. The van der Waals surface area contributed by atoms with Crippen molar-refractivity contribution in [3.8, 4) is 6.07 Å². The van der Waals surface area contributed by atoms with Gasteiger partial charge in [-0.2, -0.15) is 5.26 Å². The second-order valence-corrected chi connectivity index (χ2v) is 3.71. The summed E-state index contributed by atoms with van der Waals surface area (Å²) in [6.07, 6.45) is 4.93. The molecule has 88 valence electrons. The molecule has 1 rings (SSSR count). The maximum atomic E-state index is 11.4. The van der Waals surface area contributed by atoms with Gasteiger partial charge < -0.3 is 5.32 Å². The molecule has 1 N–H and O–H groups in total. The molecule has 0 amide bonds. The fourth-order valence-corrected chi connectivity index (χ4v) is 1.52. The predicted molar refractivity (Wildman–Crippen MR) is 69.1 cm³/mol. The van der Waals surface area contributed by atoms with Crippen molar-refractivity contribution in [2.75, 3.05) is 11.9 Å². The standard InChI is InChI=1S/C14H16N2O/c1-3-4-5-8-16-14-9-12(10-15)6-7-13(14)11(2)17/h3-4,6-7,9,16H,5,8H2,1-2H3/b4-3+. The molecule has 0 aliphatic heterocycles. The summed E-state index contributed by atoms with van der Waals surface area (Å²) in [5.41, 5.74) is 1.93. The zero-order valence-corrected chi connectivity index (χ0v) is 10.2. The van der Waals surface area contributed by atoms with Crippen LogP contribution in [0.25, 0.3) is 0 Å². The minimum absolute atomic E-state index is 0.00280.